The van der Waals surface area contributed by atoms with Crippen molar-refractivity contribution in [3.8, 4) is 11.6 Å². The topological polar surface area (TPSA) is 83.8 Å². The molecule has 0 bridgehead atoms. The summed E-state index contributed by atoms with van der Waals surface area (Å²) in [7, 11) is 3.39. The van der Waals surface area contributed by atoms with E-state index in [1.807, 2.05) is 47.0 Å². The van der Waals surface area contributed by atoms with E-state index in [1.165, 1.54) is 18.1 Å². The standard InChI is InChI=1S/C34H31F3N6O3/c1-40(32(44)24-5-7-26(8-6-24)34(35,36)37)27-9-12-31(39-21-27)46-28-10-11-29-25(18-28)19-30(41(29)2)33(45)43-16-14-42(15-17-43)22-23-4-3-13-38-20-23/h3-13,18-21H,14-17,22H2,1-2H3. The van der Waals surface area contributed by atoms with Crippen LogP contribution in [0.2, 0.25) is 0 Å². The maximum Gasteiger partial charge on any atom is 0.416 e. The number of nitrogens with zero attached hydrogens (tertiary/aromatic N) is 6. The number of piperazine rings is 1. The summed E-state index contributed by atoms with van der Waals surface area (Å²) in [6.45, 7) is 3.66. The second-order valence-corrected chi connectivity index (χ2v) is 11.1. The van der Waals surface area contributed by atoms with Crippen LogP contribution in [0, 0.1) is 0 Å². The molecule has 9 nitrogen and oxygen atoms in total. The van der Waals surface area contributed by atoms with Crippen molar-refractivity contribution in [2.45, 2.75) is 12.7 Å². The molecule has 5 aromatic rings. The first kappa shape index (κ1) is 30.8. The minimum Gasteiger partial charge on any atom is -0.439 e. The van der Waals surface area contributed by atoms with E-state index in [9.17, 15) is 22.8 Å². The molecule has 0 spiro atoms. The van der Waals surface area contributed by atoms with Gasteiger partial charge in [0.25, 0.3) is 11.8 Å². The van der Waals surface area contributed by atoms with Crippen molar-refractivity contribution in [1.29, 1.82) is 0 Å². The molecule has 0 N–H and O–H groups in total. The highest BCUT2D eigenvalue weighted by atomic mass is 19.4. The lowest BCUT2D eigenvalue weighted by Gasteiger charge is -2.34. The van der Waals surface area contributed by atoms with Crippen LogP contribution in [0.15, 0.2) is 91.4 Å². The largest absolute Gasteiger partial charge is 0.439 e. The van der Waals surface area contributed by atoms with Gasteiger partial charge in [0.2, 0.25) is 5.88 Å². The molecule has 46 heavy (non-hydrogen) atoms. The number of anilines is 1. The molecule has 2 aromatic carbocycles. The predicted molar refractivity (Wildman–Crippen MR) is 167 cm³/mol. The van der Waals surface area contributed by atoms with Crippen molar-refractivity contribution >= 4 is 28.4 Å². The summed E-state index contributed by atoms with van der Waals surface area (Å²) in [5, 5.41) is 0.844. The van der Waals surface area contributed by atoms with Crippen molar-refractivity contribution in [3.63, 3.8) is 0 Å². The molecule has 3 aromatic heterocycles. The number of carbonyl (C=O) groups excluding carboxylic acids is 2. The van der Waals surface area contributed by atoms with Gasteiger partial charge in [-0.3, -0.25) is 19.5 Å². The molecule has 1 aliphatic rings. The highest BCUT2D eigenvalue weighted by Gasteiger charge is 2.30. The Morgan fingerprint density at radius 2 is 1.70 bits per heavy atom. The van der Waals surface area contributed by atoms with E-state index in [0.717, 1.165) is 60.4 Å². The molecule has 236 valence electrons. The molecule has 2 amide bonds. The molecular formula is C34H31F3N6O3. The summed E-state index contributed by atoms with van der Waals surface area (Å²) in [6.07, 6.45) is 0.602. The van der Waals surface area contributed by atoms with Crippen LogP contribution < -0.4 is 9.64 Å². The molecular weight excluding hydrogens is 597 g/mol. The fourth-order valence-electron chi connectivity index (χ4n) is 5.48. The third-order valence-corrected chi connectivity index (χ3v) is 8.12. The van der Waals surface area contributed by atoms with E-state index in [-0.39, 0.29) is 17.4 Å². The van der Waals surface area contributed by atoms with Gasteiger partial charge >= 0.3 is 6.18 Å². The molecule has 6 rings (SSSR count). The average molecular weight is 629 g/mol. The van der Waals surface area contributed by atoms with Crippen LogP contribution in [-0.2, 0) is 19.8 Å². The molecule has 0 saturated carbocycles. The molecule has 0 unspecified atom stereocenters. The first-order chi connectivity index (χ1) is 22.1. The van der Waals surface area contributed by atoms with E-state index in [2.05, 4.69) is 20.9 Å². The Morgan fingerprint density at radius 3 is 2.35 bits per heavy atom. The Balaban J connectivity index is 1.08. The lowest BCUT2D eigenvalue weighted by Crippen LogP contribution is -2.48. The van der Waals surface area contributed by atoms with Crippen LogP contribution in [0.25, 0.3) is 10.9 Å². The quantitative estimate of drug-likeness (QED) is 0.220. The van der Waals surface area contributed by atoms with Gasteiger partial charge in [0.15, 0.2) is 0 Å². The van der Waals surface area contributed by atoms with Gasteiger partial charge in [-0.2, -0.15) is 13.2 Å². The van der Waals surface area contributed by atoms with Crippen LogP contribution in [0.3, 0.4) is 0 Å². The van der Waals surface area contributed by atoms with Gasteiger partial charge in [0.1, 0.15) is 11.4 Å². The number of pyridine rings is 2. The van der Waals surface area contributed by atoms with Crippen LogP contribution in [0.5, 0.6) is 11.6 Å². The van der Waals surface area contributed by atoms with Crippen molar-refractivity contribution in [3.05, 3.63) is 114 Å². The van der Waals surface area contributed by atoms with Gasteiger partial charge in [-0.1, -0.05) is 6.07 Å². The van der Waals surface area contributed by atoms with Crippen molar-refractivity contribution in [1.82, 2.24) is 24.3 Å². The Bertz CT molecular complexity index is 1850. The number of amides is 2. The first-order valence-corrected chi connectivity index (χ1v) is 14.7. The fraction of sp³-hybridized carbons (Fsp3) is 0.235. The number of hydrogen-bond acceptors (Lipinski definition) is 6. The molecule has 0 atom stereocenters. The molecule has 0 aliphatic carbocycles. The summed E-state index contributed by atoms with van der Waals surface area (Å²) in [6, 6.07) is 18.7. The molecule has 1 fully saturated rings. The van der Waals surface area contributed by atoms with Crippen molar-refractivity contribution in [2.75, 3.05) is 38.1 Å². The van der Waals surface area contributed by atoms with Gasteiger partial charge in [0.05, 0.1) is 17.4 Å². The molecule has 12 heteroatoms. The number of fused-ring (bicyclic) bond motifs is 1. The SMILES string of the molecule is CN(C(=O)c1ccc(C(F)(F)F)cc1)c1ccc(Oc2ccc3c(c2)cc(C(=O)N2CCN(Cc4cccnc4)CC2)n3C)nc1. The lowest BCUT2D eigenvalue weighted by molar-refractivity contribution is -0.137. The number of alkyl halides is 3. The molecule has 4 heterocycles. The number of aryl methyl sites for hydroxylation is 1. The first-order valence-electron chi connectivity index (χ1n) is 14.7. The molecule has 1 saturated heterocycles. The van der Waals surface area contributed by atoms with Crippen molar-refractivity contribution in [2.24, 2.45) is 7.05 Å². The van der Waals surface area contributed by atoms with Gasteiger partial charge < -0.3 is 19.1 Å². The second kappa shape index (κ2) is 12.6. The predicted octanol–water partition coefficient (Wildman–Crippen LogP) is 6.01. The number of rotatable bonds is 7. The Kier molecular flexibility index (Phi) is 8.46. The molecule has 0 radical (unpaired) electrons. The minimum atomic E-state index is -4.48. The maximum atomic E-state index is 13.5. The van der Waals surface area contributed by atoms with Gasteiger partial charge in [-0.25, -0.2) is 4.98 Å². The van der Waals surface area contributed by atoms with E-state index in [0.29, 0.717) is 30.2 Å². The van der Waals surface area contributed by atoms with Gasteiger partial charge in [-0.05, 0) is 66.2 Å². The zero-order valence-electron chi connectivity index (χ0n) is 25.2. The average Bonchev–Trinajstić information content (AvgIpc) is 3.39. The van der Waals surface area contributed by atoms with E-state index >= 15 is 0 Å². The van der Waals surface area contributed by atoms with Gasteiger partial charge in [-0.15, -0.1) is 0 Å². The molecule has 1 aliphatic heterocycles. The zero-order chi connectivity index (χ0) is 32.4. The number of hydrogen-bond donors (Lipinski definition) is 0. The normalized spacial score (nSPS) is 14.0. The smallest absolute Gasteiger partial charge is 0.416 e. The van der Waals surface area contributed by atoms with Crippen LogP contribution in [0.4, 0.5) is 18.9 Å². The fourth-order valence-corrected chi connectivity index (χ4v) is 5.48. The Hall–Kier alpha value is -5.23. The number of ether oxygens (including phenoxy) is 1. The number of carbonyl (C=O) groups is 2. The van der Waals surface area contributed by atoms with E-state index in [4.69, 9.17) is 4.74 Å². The van der Waals surface area contributed by atoms with Crippen LogP contribution in [-0.4, -0.2) is 69.4 Å². The third kappa shape index (κ3) is 6.57. The Labute approximate surface area is 263 Å². The lowest BCUT2D eigenvalue weighted by atomic mass is 10.1. The van der Waals surface area contributed by atoms with Crippen LogP contribution in [0.1, 0.15) is 32.0 Å². The van der Waals surface area contributed by atoms with Crippen molar-refractivity contribution < 1.29 is 27.5 Å². The highest BCUT2D eigenvalue weighted by Crippen LogP contribution is 2.30. The van der Waals surface area contributed by atoms with E-state index in [1.54, 1.807) is 24.4 Å². The summed E-state index contributed by atoms with van der Waals surface area (Å²) < 4.78 is 46.4. The monoisotopic (exact) mass is 628 g/mol. The highest BCUT2D eigenvalue weighted by molar-refractivity contribution is 6.05. The second-order valence-electron chi connectivity index (χ2n) is 11.1. The summed E-state index contributed by atoms with van der Waals surface area (Å²) in [5.74, 6) is 0.315. The summed E-state index contributed by atoms with van der Waals surface area (Å²) in [4.78, 5) is 40.3. The number of benzene rings is 2. The summed E-state index contributed by atoms with van der Waals surface area (Å²) >= 11 is 0. The maximum absolute atomic E-state index is 13.5. The van der Waals surface area contributed by atoms with E-state index < -0.39 is 17.6 Å². The zero-order valence-corrected chi connectivity index (χ0v) is 25.2. The summed E-state index contributed by atoms with van der Waals surface area (Å²) in [5.41, 5.74) is 2.37. The van der Waals surface area contributed by atoms with Gasteiger partial charge in [0, 0.05) is 81.7 Å². The number of halogens is 3. The third-order valence-electron chi connectivity index (χ3n) is 8.12. The number of aromatic nitrogens is 3. The van der Waals surface area contributed by atoms with Crippen LogP contribution >= 0.6 is 0 Å². The Morgan fingerprint density at radius 1 is 0.935 bits per heavy atom. The minimum absolute atomic E-state index is 0.0191.